The lowest BCUT2D eigenvalue weighted by atomic mass is 10.2. The van der Waals surface area contributed by atoms with Crippen LogP contribution in [-0.4, -0.2) is 29.1 Å². The van der Waals surface area contributed by atoms with E-state index in [9.17, 15) is 5.11 Å². The van der Waals surface area contributed by atoms with Gasteiger partial charge in [-0.05, 0) is 49.2 Å². The molecule has 134 valence electrons. The number of benzene rings is 3. The fourth-order valence-electron chi connectivity index (χ4n) is 3.55. The Morgan fingerprint density at radius 1 is 0.654 bits per heavy atom. The lowest BCUT2D eigenvalue weighted by Gasteiger charge is -2.29. The van der Waals surface area contributed by atoms with Gasteiger partial charge in [0.05, 0.1) is 12.3 Å². The second-order valence-corrected chi connectivity index (χ2v) is 10.1. The van der Waals surface area contributed by atoms with Crippen molar-refractivity contribution in [1.82, 2.24) is 0 Å². The predicted molar refractivity (Wildman–Crippen MR) is 112 cm³/mol. The van der Waals surface area contributed by atoms with Crippen molar-refractivity contribution in [3.63, 3.8) is 0 Å². The van der Waals surface area contributed by atoms with Gasteiger partial charge in [-0.3, -0.25) is 0 Å². The zero-order chi connectivity index (χ0) is 18.2. The summed E-state index contributed by atoms with van der Waals surface area (Å²) >= 11 is 0. The number of rotatable bonds is 8. The number of hydrogen-bond donors (Lipinski definition) is 2. The van der Waals surface area contributed by atoms with Crippen LogP contribution in [0.2, 0.25) is 0 Å². The lowest BCUT2D eigenvalue weighted by Crippen LogP contribution is -2.37. The molecule has 3 rings (SSSR count). The zero-order valence-electron chi connectivity index (χ0n) is 14.9. The third-order valence-corrected chi connectivity index (χ3v) is 9.28. The maximum atomic E-state index is 10.8. The molecule has 0 amide bonds. The van der Waals surface area contributed by atoms with Gasteiger partial charge in [-0.15, -0.1) is 0 Å². The van der Waals surface area contributed by atoms with E-state index in [2.05, 4.69) is 72.8 Å². The molecule has 26 heavy (non-hydrogen) atoms. The quantitative estimate of drug-likeness (QED) is 0.602. The van der Waals surface area contributed by atoms with E-state index >= 15 is 0 Å². The van der Waals surface area contributed by atoms with E-state index in [1.807, 2.05) is 18.2 Å². The molecule has 0 saturated heterocycles. The fourth-order valence-corrected chi connectivity index (χ4v) is 7.93. The molecule has 0 radical (unpaired) electrons. The topological polar surface area (TPSA) is 40.5 Å². The molecule has 0 spiro atoms. The van der Waals surface area contributed by atoms with E-state index in [-0.39, 0.29) is 6.61 Å². The van der Waals surface area contributed by atoms with Crippen LogP contribution in [0.5, 0.6) is 0 Å². The Bertz CT molecular complexity index is 678. The molecule has 3 aromatic carbocycles. The van der Waals surface area contributed by atoms with E-state index in [0.717, 1.165) is 0 Å². The molecule has 0 bridgehead atoms. The molecule has 0 aliphatic rings. The molecule has 0 aliphatic heterocycles. The minimum absolute atomic E-state index is 0.116. The number of aliphatic hydroxyl groups is 2. The largest absolute Gasteiger partial charge is 0.396 e. The fraction of sp³-hybridized carbons (Fsp3) is 0.217. The van der Waals surface area contributed by atoms with Crippen LogP contribution in [0.1, 0.15) is 12.8 Å². The summed E-state index contributed by atoms with van der Waals surface area (Å²) < 4.78 is 0. The molecule has 2 N–H and O–H groups in total. The summed E-state index contributed by atoms with van der Waals surface area (Å²) in [6.45, 7) is 0.116. The SMILES string of the molecule is OCCCC(O)C[P+](c1ccccc1)(c1ccccc1)c1ccccc1. The second-order valence-electron chi connectivity index (χ2n) is 6.52. The Morgan fingerprint density at radius 2 is 1.04 bits per heavy atom. The van der Waals surface area contributed by atoms with Gasteiger partial charge in [-0.25, -0.2) is 0 Å². The molecule has 2 nitrogen and oxygen atoms in total. The van der Waals surface area contributed by atoms with Gasteiger partial charge >= 0.3 is 0 Å². The highest BCUT2D eigenvalue weighted by Crippen LogP contribution is 2.55. The highest BCUT2D eigenvalue weighted by Gasteiger charge is 2.46. The molecule has 0 fully saturated rings. The van der Waals surface area contributed by atoms with Gasteiger partial charge in [0.15, 0.2) is 0 Å². The summed E-state index contributed by atoms with van der Waals surface area (Å²) in [5, 5.41) is 23.8. The molecule has 0 saturated carbocycles. The smallest absolute Gasteiger partial charge is 0.114 e. The van der Waals surface area contributed by atoms with Crippen LogP contribution in [0, 0.1) is 0 Å². The van der Waals surface area contributed by atoms with Crippen molar-refractivity contribution in [2.75, 3.05) is 12.8 Å². The van der Waals surface area contributed by atoms with Crippen LogP contribution >= 0.6 is 7.26 Å². The Kier molecular flexibility index (Phi) is 6.57. The summed E-state index contributed by atoms with van der Waals surface area (Å²) in [5.41, 5.74) is 0. The van der Waals surface area contributed by atoms with Crippen molar-refractivity contribution >= 4 is 23.2 Å². The Hall–Kier alpha value is -1.99. The van der Waals surface area contributed by atoms with E-state index in [0.29, 0.717) is 19.0 Å². The standard InChI is InChI=1S/C23H26O2P/c24-18-10-11-20(25)19-26(21-12-4-1-5-13-21,22-14-6-2-7-15-22)23-16-8-3-9-17-23/h1-9,12-17,20,24-25H,10-11,18-19H2/q+1. The molecule has 0 aliphatic carbocycles. The van der Waals surface area contributed by atoms with E-state index in [1.54, 1.807) is 0 Å². The summed E-state index contributed by atoms with van der Waals surface area (Å²) in [4.78, 5) is 0. The number of aliphatic hydroxyl groups excluding tert-OH is 2. The van der Waals surface area contributed by atoms with E-state index in [1.165, 1.54) is 15.9 Å². The van der Waals surface area contributed by atoms with Crippen LogP contribution in [0.15, 0.2) is 91.0 Å². The van der Waals surface area contributed by atoms with Crippen LogP contribution in [0.4, 0.5) is 0 Å². The van der Waals surface area contributed by atoms with E-state index < -0.39 is 13.4 Å². The van der Waals surface area contributed by atoms with Crippen molar-refractivity contribution in [3.8, 4) is 0 Å². The van der Waals surface area contributed by atoms with Crippen molar-refractivity contribution in [2.24, 2.45) is 0 Å². The van der Waals surface area contributed by atoms with Gasteiger partial charge in [0.2, 0.25) is 0 Å². The van der Waals surface area contributed by atoms with Gasteiger partial charge in [-0.1, -0.05) is 54.6 Å². The van der Waals surface area contributed by atoms with Crippen LogP contribution in [-0.2, 0) is 0 Å². The molecule has 1 atom stereocenters. The zero-order valence-corrected chi connectivity index (χ0v) is 15.8. The molecule has 0 heterocycles. The first-order chi connectivity index (χ1) is 12.8. The maximum Gasteiger partial charge on any atom is 0.114 e. The summed E-state index contributed by atoms with van der Waals surface area (Å²) in [5.74, 6) is 0. The predicted octanol–water partition coefficient (Wildman–Crippen LogP) is 3.11. The number of hydrogen-bond acceptors (Lipinski definition) is 2. The van der Waals surface area contributed by atoms with Gasteiger partial charge in [-0.2, -0.15) is 0 Å². The third kappa shape index (κ3) is 4.04. The molecule has 0 aromatic heterocycles. The van der Waals surface area contributed by atoms with Crippen LogP contribution in [0.25, 0.3) is 0 Å². The monoisotopic (exact) mass is 365 g/mol. The van der Waals surface area contributed by atoms with Gasteiger partial charge in [0.1, 0.15) is 23.2 Å². The minimum Gasteiger partial charge on any atom is -0.396 e. The molecular weight excluding hydrogens is 339 g/mol. The first-order valence-corrected chi connectivity index (χ1v) is 11.1. The molecule has 1 unspecified atom stereocenters. The van der Waals surface area contributed by atoms with Crippen molar-refractivity contribution in [1.29, 1.82) is 0 Å². The van der Waals surface area contributed by atoms with Crippen molar-refractivity contribution in [2.45, 2.75) is 18.9 Å². The molecule has 3 aromatic rings. The maximum absolute atomic E-state index is 10.8. The van der Waals surface area contributed by atoms with Crippen molar-refractivity contribution < 1.29 is 10.2 Å². The van der Waals surface area contributed by atoms with Gasteiger partial charge in [0, 0.05) is 6.61 Å². The Balaban J connectivity index is 2.18. The van der Waals surface area contributed by atoms with Gasteiger partial charge in [0.25, 0.3) is 0 Å². The molecule has 3 heteroatoms. The Morgan fingerprint density at radius 3 is 1.38 bits per heavy atom. The second kappa shape index (κ2) is 9.09. The highest BCUT2D eigenvalue weighted by molar-refractivity contribution is 7.95. The Labute approximate surface area is 156 Å². The normalized spacial score (nSPS) is 12.7. The van der Waals surface area contributed by atoms with Crippen LogP contribution < -0.4 is 15.9 Å². The highest BCUT2D eigenvalue weighted by atomic mass is 31.2. The average Bonchev–Trinajstić information content (AvgIpc) is 2.72. The van der Waals surface area contributed by atoms with Gasteiger partial charge < -0.3 is 10.2 Å². The first-order valence-electron chi connectivity index (χ1n) is 9.11. The summed E-state index contributed by atoms with van der Waals surface area (Å²) in [6, 6.07) is 31.7. The van der Waals surface area contributed by atoms with Crippen molar-refractivity contribution in [3.05, 3.63) is 91.0 Å². The third-order valence-electron chi connectivity index (χ3n) is 4.77. The van der Waals surface area contributed by atoms with E-state index in [4.69, 9.17) is 5.11 Å². The van der Waals surface area contributed by atoms with Crippen LogP contribution in [0.3, 0.4) is 0 Å². The summed E-state index contributed by atoms with van der Waals surface area (Å²) in [7, 11) is -1.98. The first kappa shape index (κ1) is 18.8. The average molecular weight is 365 g/mol. The lowest BCUT2D eigenvalue weighted by molar-refractivity contribution is 0.170. The molecular formula is C23H26O2P+. The summed E-state index contributed by atoms with van der Waals surface area (Å²) in [6.07, 6.45) is 1.48. The minimum atomic E-state index is -1.98.